The van der Waals surface area contributed by atoms with E-state index >= 15 is 0 Å². The number of carboxylic acids is 1. The van der Waals surface area contributed by atoms with E-state index in [-0.39, 0.29) is 31.1 Å². The number of guanidine groups is 1. The molecule has 0 bridgehead atoms. The van der Waals surface area contributed by atoms with E-state index in [1.807, 2.05) is 0 Å². The van der Waals surface area contributed by atoms with Crippen LogP contribution >= 0.6 is 0 Å². The standard InChI is InChI=1S/C19H36N8O6/c1-9(2)14(27-15(29)11(20)5-4-8-24-19(22)23)17(31)26-12(6-7-13(21)28)16(30)25-10(3)18(32)33/h9-12,14H,4-8,20H2,1-3H3,(H2,21,28)(H,25,30)(H,26,31)(H,27,29)(H,32,33)(H4,22,23,24). The molecule has 0 aromatic carbocycles. The normalized spacial score (nSPS) is 14.3. The zero-order valence-corrected chi connectivity index (χ0v) is 19.2. The molecule has 0 saturated carbocycles. The quantitative estimate of drug-likeness (QED) is 0.0678. The summed E-state index contributed by atoms with van der Waals surface area (Å²) in [4.78, 5) is 63.7. The molecule has 4 unspecified atom stereocenters. The lowest BCUT2D eigenvalue weighted by molar-refractivity contribution is -0.142. The second-order valence-electron chi connectivity index (χ2n) is 7.92. The van der Waals surface area contributed by atoms with Crippen LogP contribution in [0.15, 0.2) is 4.99 Å². The van der Waals surface area contributed by atoms with Gasteiger partial charge in [-0.2, -0.15) is 0 Å². The highest BCUT2D eigenvalue weighted by Gasteiger charge is 2.31. The van der Waals surface area contributed by atoms with Crippen LogP contribution in [0, 0.1) is 5.92 Å². The first-order chi connectivity index (χ1) is 15.3. The van der Waals surface area contributed by atoms with E-state index in [4.69, 9.17) is 28.0 Å². The third-order valence-corrected chi connectivity index (χ3v) is 4.59. The maximum absolute atomic E-state index is 12.8. The number of aliphatic imine (C=N–C) groups is 1. The summed E-state index contributed by atoms with van der Waals surface area (Å²) in [6.07, 6.45) is 0.343. The topological polar surface area (TPSA) is 258 Å². The van der Waals surface area contributed by atoms with E-state index < -0.39 is 53.8 Å². The molecule has 12 N–H and O–H groups in total. The Morgan fingerprint density at radius 2 is 1.48 bits per heavy atom. The van der Waals surface area contributed by atoms with Gasteiger partial charge < -0.3 is 44.0 Å². The van der Waals surface area contributed by atoms with Crippen LogP contribution < -0.4 is 38.9 Å². The van der Waals surface area contributed by atoms with Crippen molar-refractivity contribution in [2.24, 2.45) is 33.8 Å². The Labute approximate surface area is 192 Å². The van der Waals surface area contributed by atoms with Crippen LogP contribution in [0.5, 0.6) is 0 Å². The van der Waals surface area contributed by atoms with E-state index in [1.54, 1.807) is 13.8 Å². The van der Waals surface area contributed by atoms with Gasteiger partial charge in [-0.05, 0) is 32.1 Å². The molecule has 14 nitrogen and oxygen atoms in total. The second-order valence-corrected chi connectivity index (χ2v) is 7.92. The summed E-state index contributed by atoms with van der Waals surface area (Å²) in [5.41, 5.74) is 21.5. The fourth-order valence-electron chi connectivity index (χ4n) is 2.64. The average Bonchev–Trinajstić information content (AvgIpc) is 2.70. The largest absolute Gasteiger partial charge is 0.480 e. The number of aliphatic carboxylic acids is 1. The molecule has 33 heavy (non-hydrogen) atoms. The Balaban J connectivity index is 5.21. The maximum atomic E-state index is 12.8. The molecule has 0 aliphatic rings. The van der Waals surface area contributed by atoms with E-state index in [2.05, 4.69) is 20.9 Å². The molecule has 0 aliphatic heterocycles. The molecule has 0 aliphatic carbocycles. The van der Waals surface area contributed by atoms with Gasteiger partial charge in [0.1, 0.15) is 18.1 Å². The van der Waals surface area contributed by atoms with E-state index in [9.17, 15) is 24.0 Å². The van der Waals surface area contributed by atoms with Gasteiger partial charge in [0, 0.05) is 13.0 Å². The van der Waals surface area contributed by atoms with Gasteiger partial charge in [0.15, 0.2) is 5.96 Å². The van der Waals surface area contributed by atoms with Gasteiger partial charge in [-0.1, -0.05) is 13.8 Å². The predicted molar refractivity (Wildman–Crippen MR) is 120 cm³/mol. The van der Waals surface area contributed by atoms with Crippen LogP contribution in [0.1, 0.15) is 46.5 Å². The van der Waals surface area contributed by atoms with Crippen molar-refractivity contribution in [2.45, 2.75) is 70.6 Å². The third kappa shape index (κ3) is 12.3. The summed E-state index contributed by atoms with van der Waals surface area (Å²) < 4.78 is 0. The SMILES string of the molecule is CC(NC(=O)C(CCC(N)=O)NC(=O)C(NC(=O)C(N)CCCN=C(N)N)C(C)C)C(=O)O. The Kier molecular flexibility index (Phi) is 13.1. The molecule has 0 saturated heterocycles. The second kappa shape index (κ2) is 14.6. The van der Waals surface area contributed by atoms with Crippen molar-refractivity contribution >= 4 is 35.6 Å². The molecule has 0 radical (unpaired) electrons. The number of hydrogen-bond donors (Lipinski definition) is 8. The first-order valence-electron chi connectivity index (χ1n) is 10.5. The molecule has 4 amide bonds. The predicted octanol–water partition coefficient (Wildman–Crippen LogP) is -3.15. The first-order valence-corrected chi connectivity index (χ1v) is 10.5. The summed E-state index contributed by atoms with van der Waals surface area (Å²) in [5.74, 6) is -4.49. The highest BCUT2D eigenvalue weighted by molar-refractivity contribution is 5.94. The van der Waals surface area contributed by atoms with Crippen LogP contribution in [-0.4, -0.2) is 71.4 Å². The zero-order valence-electron chi connectivity index (χ0n) is 19.2. The van der Waals surface area contributed by atoms with Crippen LogP contribution in [0.25, 0.3) is 0 Å². The van der Waals surface area contributed by atoms with Gasteiger partial charge >= 0.3 is 5.97 Å². The van der Waals surface area contributed by atoms with Crippen LogP contribution in [0.4, 0.5) is 0 Å². The van der Waals surface area contributed by atoms with E-state index in [0.717, 1.165) is 0 Å². The number of primary amides is 1. The van der Waals surface area contributed by atoms with Crippen molar-refractivity contribution in [3.63, 3.8) is 0 Å². The average molecular weight is 473 g/mol. The molecule has 0 rings (SSSR count). The number of hydrogen-bond acceptors (Lipinski definition) is 7. The number of carbonyl (C=O) groups excluding carboxylic acids is 4. The minimum atomic E-state index is -1.27. The molecule has 188 valence electrons. The van der Waals surface area contributed by atoms with Crippen LogP contribution in [0.3, 0.4) is 0 Å². The smallest absolute Gasteiger partial charge is 0.325 e. The molecule has 0 aromatic heterocycles. The van der Waals surface area contributed by atoms with Crippen LogP contribution in [-0.2, 0) is 24.0 Å². The Morgan fingerprint density at radius 3 is 1.97 bits per heavy atom. The van der Waals surface area contributed by atoms with Gasteiger partial charge in [-0.25, -0.2) is 0 Å². The Morgan fingerprint density at radius 1 is 0.879 bits per heavy atom. The minimum Gasteiger partial charge on any atom is -0.480 e. The molecule has 0 spiro atoms. The number of nitrogens with zero attached hydrogens (tertiary/aromatic N) is 1. The molecular formula is C19H36N8O6. The monoisotopic (exact) mass is 472 g/mol. The van der Waals surface area contributed by atoms with Gasteiger partial charge in [-0.15, -0.1) is 0 Å². The number of carbonyl (C=O) groups is 5. The molecule has 4 atom stereocenters. The summed E-state index contributed by atoms with van der Waals surface area (Å²) in [7, 11) is 0. The van der Waals surface area contributed by atoms with Gasteiger partial charge in [0.05, 0.1) is 6.04 Å². The number of nitrogens with two attached hydrogens (primary N) is 4. The van der Waals surface area contributed by atoms with E-state index in [0.29, 0.717) is 13.0 Å². The fraction of sp³-hybridized carbons (Fsp3) is 0.684. The number of amides is 4. The van der Waals surface area contributed by atoms with Crippen molar-refractivity contribution in [3.8, 4) is 0 Å². The summed E-state index contributed by atoms with van der Waals surface area (Å²) in [5, 5.41) is 16.2. The summed E-state index contributed by atoms with van der Waals surface area (Å²) >= 11 is 0. The van der Waals surface area contributed by atoms with E-state index in [1.165, 1.54) is 6.92 Å². The lowest BCUT2D eigenvalue weighted by Crippen LogP contribution is -2.58. The zero-order chi connectivity index (χ0) is 25.7. The molecule has 14 heteroatoms. The van der Waals surface area contributed by atoms with Gasteiger partial charge in [-0.3, -0.25) is 29.0 Å². The molecule has 0 aromatic rings. The lowest BCUT2D eigenvalue weighted by atomic mass is 10.0. The fourth-order valence-corrected chi connectivity index (χ4v) is 2.64. The first kappa shape index (κ1) is 29.6. The van der Waals surface area contributed by atoms with Crippen molar-refractivity contribution in [1.29, 1.82) is 0 Å². The summed E-state index contributed by atoms with van der Waals surface area (Å²) in [6, 6.07) is -4.41. The van der Waals surface area contributed by atoms with Crippen LogP contribution in [0.2, 0.25) is 0 Å². The highest BCUT2D eigenvalue weighted by atomic mass is 16.4. The third-order valence-electron chi connectivity index (χ3n) is 4.59. The molecular weight excluding hydrogens is 436 g/mol. The summed E-state index contributed by atoms with van der Waals surface area (Å²) in [6.45, 7) is 4.90. The lowest BCUT2D eigenvalue weighted by Gasteiger charge is -2.26. The van der Waals surface area contributed by atoms with Crippen molar-refractivity contribution in [1.82, 2.24) is 16.0 Å². The highest BCUT2D eigenvalue weighted by Crippen LogP contribution is 2.07. The van der Waals surface area contributed by atoms with Crippen molar-refractivity contribution in [3.05, 3.63) is 0 Å². The molecule has 0 heterocycles. The molecule has 0 fully saturated rings. The number of carboxylic acid groups (broad SMARTS) is 1. The van der Waals surface area contributed by atoms with Gasteiger partial charge in [0.2, 0.25) is 23.6 Å². The minimum absolute atomic E-state index is 0.0720. The Bertz CT molecular complexity index is 738. The van der Waals surface area contributed by atoms with Gasteiger partial charge in [0.25, 0.3) is 0 Å². The maximum Gasteiger partial charge on any atom is 0.325 e. The Hall–Kier alpha value is -3.42. The van der Waals surface area contributed by atoms with Crippen molar-refractivity contribution < 1.29 is 29.1 Å². The number of rotatable bonds is 15. The number of nitrogens with one attached hydrogen (secondary N) is 3. The van der Waals surface area contributed by atoms with Crippen molar-refractivity contribution in [2.75, 3.05) is 6.54 Å².